The third-order valence-corrected chi connectivity index (χ3v) is 2.66. The van der Waals surface area contributed by atoms with E-state index >= 15 is 0 Å². The van der Waals surface area contributed by atoms with E-state index in [2.05, 4.69) is 5.32 Å². The Bertz CT molecular complexity index is 355. The normalized spacial score (nSPS) is 13.1. The Hall–Kier alpha value is -1.00. The summed E-state index contributed by atoms with van der Waals surface area (Å²) >= 11 is 0. The highest BCUT2D eigenvalue weighted by Crippen LogP contribution is 2.24. The first-order valence-corrected chi connectivity index (χ1v) is 5.85. The SMILES string of the molecule is CC(C)C(NCCCO)c1ccc(F)cc1F. The van der Waals surface area contributed by atoms with Crippen molar-refractivity contribution in [2.24, 2.45) is 5.92 Å². The third-order valence-electron chi connectivity index (χ3n) is 2.66. The minimum absolute atomic E-state index is 0.101. The van der Waals surface area contributed by atoms with Gasteiger partial charge in [-0.1, -0.05) is 19.9 Å². The van der Waals surface area contributed by atoms with Gasteiger partial charge in [0, 0.05) is 24.3 Å². The Morgan fingerprint density at radius 3 is 2.53 bits per heavy atom. The predicted molar refractivity (Wildman–Crippen MR) is 63.6 cm³/mol. The molecule has 0 aliphatic carbocycles. The van der Waals surface area contributed by atoms with Gasteiger partial charge in [-0.25, -0.2) is 8.78 Å². The second-order valence-corrected chi connectivity index (χ2v) is 4.42. The van der Waals surface area contributed by atoms with Crippen molar-refractivity contribution in [3.63, 3.8) is 0 Å². The summed E-state index contributed by atoms with van der Waals surface area (Å²) in [6.45, 7) is 4.65. The summed E-state index contributed by atoms with van der Waals surface area (Å²) in [5, 5.41) is 11.9. The summed E-state index contributed by atoms with van der Waals surface area (Å²) < 4.78 is 26.5. The predicted octanol–water partition coefficient (Wildman–Crippen LogP) is 2.63. The lowest BCUT2D eigenvalue weighted by Gasteiger charge is -2.23. The van der Waals surface area contributed by atoms with Crippen LogP contribution in [0.4, 0.5) is 8.78 Å². The van der Waals surface area contributed by atoms with Crippen LogP contribution in [0.5, 0.6) is 0 Å². The number of benzene rings is 1. The number of rotatable bonds is 6. The van der Waals surface area contributed by atoms with Gasteiger partial charge in [0.25, 0.3) is 0 Å². The molecule has 0 aliphatic rings. The Morgan fingerprint density at radius 1 is 1.29 bits per heavy atom. The Balaban J connectivity index is 2.82. The van der Waals surface area contributed by atoms with E-state index in [4.69, 9.17) is 5.11 Å². The first-order valence-electron chi connectivity index (χ1n) is 5.85. The van der Waals surface area contributed by atoms with E-state index in [-0.39, 0.29) is 18.6 Å². The van der Waals surface area contributed by atoms with E-state index in [0.29, 0.717) is 18.5 Å². The summed E-state index contributed by atoms with van der Waals surface area (Å²) in [7, 11) is 0. The molecule has 0 aromatic heterocycles. The van der Waals surface area contributed by atoms with Crippen molar-refractivity contribution in [1.82, 2.24) is 5.32 Å². The standard InChI is InChI=1S/C13H19F2NO/c1-9(2)13(16-6-3-7-17)11-5-4-10(14)8-12(11)15/h4-5,8-9,13,16-17H,3,6-7H2,1-2H3. The molecule has 1 aromatic rings. The van der Waals surface area contributed by atoms with Gasteiger partial charge >= 0.3 is 0 Å². The number of nitrogens with one attached hydrogen (secondary N) is 1. The van der Waals surface area contributed by atoms with Gasteiger partial charge in [-0.3, -0.25) is 0 Å². The van der Waals surface area contributed by atoms with Crippen molar-refractivity contribution in [3.8, 4) is 0 Å². The third kappa shape index (κ3) is 4.06. The maximum atomic E-state index is 13.6. The summed E-state index contributed by atoms with van der Waals surface area (Å²) in [5.74, 6) is -0.905. The highest BCUT2D eigenvalue weighted by atomic mass is 19.1. The fraction of sp³-hybridized carbons (Fsp3) is 0.538. The molecule has 1 atom stereocenters. The number of hydrogen-bond acceptors (Lipinski definition) is 2. The maximum absolute atomic E-state index is 13.6. The van der Waals surface area contributed by atoms with Crippen molar-refractivity contribution >= 4 is 0 Å². The minimum Gasteiger partial charge on any atom is -0.396 e. The van der Waals surface area contributed by atoms with E-state index in [1.807, 2.05) is 13.8 Å². The summed E-state index contributed by atoms with van der Waals surface area (Å²) in [6.07, 6.45) is 0.617. The van der Waals surface area contributed by atoms with Crippen LogP contribution in [0, 0.1) is 17.6 Å². The van der Waals surface area contributed by atoms with Crippen LogP contribution >= 0.6 is 0 Å². The lowest BCUT2D eigenvalue weighted by Crippen LogP contribution is -2.28. The molecular weight excluding hydrogens is 224 g/mol. The molecule has 2 N–H and O–H groups in total. The van der Waals surface area contributed by atoms with Crippen molar-refractivity contribution in [2.45, 2.75) is 26.3 Å². The number of hydrogen-bond donors (Lipinski definition) is 2. The van der Waals surface area contributed by atoms with Crippen LogP contribution in [0.25, 0.3) is 0 Å². The summed E-state index contributed by atoms with van der Waals surface area (Å²) in [6, 6.07) is 3.48. The molecule has 1 aromatic carbocycles. The second-order valence-electron chi connectivity index (χ2n) is 4.42. The fourth-order valence-corrected chi connectivity index (χ4v) is 1.80. The Morgan fingerprint density at radius 2 is 2.00 bits per heavy atom. The van der Waals surface area contributed by atoms with Crippen LogP contribution in [-0.4, -0.2) is 18.3 Å². The minimum atomic E-state index is -0.566. The molecule has 1 rings (SSSR count). The smallest absolute Gasteiger partial charge is 0.130 e. The van der Waals surface area contributed by atoms with Gasteiger partial charge in [0.2, 0.25) is 0 Å². The van der Waals surface area contributed by atoms with E-state index < -0.39 is 11.6 Å². The van der Waals surface area contributed by atoms with Crippen molar-refractivity contribution in [3.05, 3.63) is 35.4 Å². The summed E-state index contributed by atoms with van der Waals surface area (Å²) in [5.41, 5.74) is 0.472. The molecule has 0 amide bonds. The first kappa shape index (κ1) is 14.1. The van der Waals surface area contributed by atoms with Gasteiger partial charge in [-0.2, -0.15) is 0 Å². The van der Waals surface area contributed by atoms with Crippen LogP contribution in [0.1, 0.15) is 31.9 Å². The lowest BCUT2D eigenvalue weighted by molar-refractivity contribution is 0.278. The zero-order chi connectivity index (χ0) is 12.8. The van der Waals surface area contributed by atoms with Crippen molar-refractivity contribution in [2.75, 3.05) is 13.2 Å². The van der Waals surface area contributed by atoms with Crippen LogP contribution in [0.2, 0.25) is 0 Å². The molecule has 0 heterocycles. The summed E-state index contributed by atoms with van der Waals surface area (Å²) in [4.78, 5) is 0. The van der Waals surface area contributed by atoms with E-state index in [1.54, 1.807) is 0 Å². The van der Waals surface area contributed by atoms with Gasteiger partial charge < -0.3 is 10.4 Å². The van der Waals surface area contributed by atoms with Crippen LogP contribution in [0.15, 0.2) is 18.2 Å². The highest BCUT2D eigenvalue weighted by molar-refractivity contribution is 5.22. The molecule has 1 unspecified atom stereocenters. The van der Waals surface area contributed by atoms with E-state index in [1.165, 1.54) is 12.1 Å². The molecule has 0 bridgehead atoms. The second kappa shape index (κ2) is 6.67. The lowest BCUT2D eigenvalue weighted by atomic mass is 9.95. The molecule has 2 nitrogen and oxygen atoms in total. The molecule has 0 aliphatic heterocycles. The largest absolute Gasteiger partial charge is 0.396 e. The molecule has 17 heavy (non-hydrogen) atoms. The highest BCUT2D eigenvalue weighted by Gasteiger charge is 2.18. The van der Waals surface area contributed by atoms with Crippen molar-refractivity contribution in [1.29, 1.82) is 0 Å². The molecular formula is C13H19F2NO. The molecule has 0 spiro atoms. The van der Waals surface area contributed by atoms with Gasteiger partial charge in [-0.05, 0) is 24.9 Å². The number of aliphatic hydroxyl groups is 1. The number of halogens is 2. The van der Waals surface area contributed by atoms with Gasteiger partial charge in [-0.15, -0.1) is 0 Å². The van der Waals surface area contributed by atoms with Crippen LogP contribution in [0.3, 0.4) is 0 Å². The van der Waals surface area contributed by atoms with Gasteiger partial charge in [0.15, 0.2) is 0 Å². The molecule has 4 heteroatoms. The van der Waals surface area contributed by atoms with Gasteiger partial charge in [0.1, 0.15) is 11.6 Å². The quantitative estimate of drug-likeness (QED) is 0.753. The maximum Gasteiger partial charge on any atom is 0.130 e. The van der Waals surface area contributed by atoms with Crippen molar-refractivity contribution < 1.29 is 13.9 Å². The Labute approximate surface area is 101 Å². The molecule has 0 saturated heterocycles. The first-order chi connectivity index (χ1) is 8.06. The topological polar surface area (TPSA) is 32.3 Å². The van der Waals surface area contributed by atoms with E-state index in [9.17, 15) is 8.78 Å². The average molecular weight is 243 g/mol. The monoisotopic (exact) mass is 243 g/mol. The zero-order valence-corrected chi connectivity index (χ0v) is 10.2. The van der Waals surface area contributed by atoms with Crippen LogP contribution in [-0.2, 0) is 0 Å². The van der Waals surface area contributed by atoms with E-state index in [0.717, 1.165) is 6.07 Å². The zero-order valence-electron chi connectivity index (χ0n) is 10.2. The molecule has 0 saturated carbocycles. The Kier molecular flexibility index (Phi) is 5.51. The molecule has 0 radical (unpaired) electrons. The fourth-order valence-electron chi connectivity index (χ4n) is 1.80. The number of aliphatic hydroxyl groups excluding tert-OH is 1. The van der Waals surface area contributed by atoms with Gasteiger partial charge in [0.05, 0.1) is 0 Å². The molecule has 96 valence electrons. The average Bonchev–Trinajstić information content (AvgIpc) is 2.25. The van der Waals surface area contributed by atoms with Crippen LogP contribution < -0.4 is 5.32 Å². The molecule has 0 fully saturated rings.